The maximum Gasteiger partial charge on any atom is 0.251 e. The van der Waals surface area contributed by atoms with Gasteiger partial charge < -0.3 is 15.0 Å². The minimum Gasteiger partial charge on any atom is -0.497 e. The molecular weight excluding hydrogens is 352 g/mol. The lowest BCUT2D eigenvalue weighted by Gasteiger charge is -2.06. The summed E-state index contributed by atoms with van der Waals surface area (Å²) in [6, 6.07) is 15.4. The van der Waals surface area contributed by atoms with Gasteiger partial charge in [0, 0.05) is 23.7 Å². The molecule has 1 heterocycles. The highest BCUT2D eigenvalue weighted by Gasteiger charge is 2.05. The summed E-state index contributed by atoms with van der Waals surface area (Å²) in [6.07, 6.45) is 2.04. The second kappa shape index (κ2) is 8.57. The number of hydrogen-bond acceptors (Lipinski definition) is 3. The average Bonchev–Trinajstić information content (AvgIpc) is 2.68. The zero-order valence-electron chi connectivity index (χ0n) is 16.3. The van der Waals surface area contributed by atoms with Gasteiger partial charge in [0.15, 0.2) is 0 Å². The van der Waals surface area contributed by atoms with Gasteiger partial charge in [0.05, 0.1) is 7.11 Å². The fourth-order valence-electron chi connectivity index (χ4n) is 3.05. The van der Waals surface area contributed by atoms with E-state index in [-0.39, 0.29) is 11.5 Å². The van der Waals surface area contributed by atoms with E-state index in [1.807, 2.05) is 62.4 Å². The van der Waals surface area contributed by atoms with Gasteiger partial charge in [0.25, 0.3) is 5.56 Å². The Morgan fingerprint density at radius 3 is 2.61 bits per heavy atom. The predicted molar refractivity (Wildman–Crippen MR) is 113 cm³/mol. The summed E-state index contributed by atoms with van der Waals surface area (Å²) in [4.78, 5) is 27.3. The second-order valence-corrected chi connectivity index (χ2v) is 6.81. The van der Waals surface area contributed by atoms with E-state index in [9.17, 15) is 9.59 Å². The molecule has 0 unspecified atom stereocenters. The predicted octanol–water partition coefficient (Wildman–Crippen LogP) is 3.61. The Hall–Kier alpha value is -3.34. The van der Waals surface area contributed by atoms with Crippen LogP contribution in [0.25, 0.3) is 16.5 Å². The number of aromatic amines is 1. The number of H-pyrrole nitrogens is 1. The van der Waals surface area contributed by atoms with Crippen LogP contribution < -0.4 is 15.6 Å². The molecule has 1 amide bonds. The number of fused-ring (bicyclic) bond motifs is 1. The molecule has 0 saturated carbocycles. The summed E-state index contributed by atoms with van der Waals surface area (Å²) in [6.45, 7) is 4.27. The van der Waals surface area contributed by atoms with Crippen molar-refractivity contribution in [3.63, 3.8) is 0 Å². The maximum absolute atomic E-state index is 12.2. The number of aromatic nitrogens is 1. The molecular formula is C23H24N2O3. The van der Waals surface area contributed by atoms with Crippen molar-refractivity contribution >= 4 is 22.4 Å². The SMILES string of the molecule is COc1ccc(/C(C)=C/C(=O)NCCc2cc3ccc(C)cc3[nH]c2=O)cc1. The van der Waals surface area contributed by atoms with Crippen molar-refractivity contribution in [1.29, 1.82) is 0 Å². The van der Waals surface area contributed by atoms with Crippen LogP contribution >= 0.6 is 0 Å². The Morgan fingerprint density at radius 1 is 1.14 bits per heavy atom. The van der Waals surface area contributed by atoms with Gasteiger partial charge in [-0.3, -0.25) is 9.59 Å². The van der Waals surface area contributed by atoms with Crippen LogP contribution in [0.2, 0.25) is 0 Å². The molecule has 0 bridgehead atoms. The molecule has 0 saturated heterocycles. The van der Waals surface area contributed by atoms with E-state index >= 15 is 0 Å². The molecule has 0 radical (unpaired) electrons. The second-order valence-electron chi connectivity index (χ2n) is 6.81. The summed E-state index contributed by atoms with van der Waals surface area (Å²) in [5.74, 6) is 0.595. The monoisotopic (exact) mass is 376 g/mol. The standard InChI is InChI=1S/C23H24N2O3/c1-15-4-5-18-14-19(23(27)25-21(18)12-15)10-11-24-22(26)13-16(2)17-6-8-20(28-3)9-7-17/h4-9,12-14H,10-11H2,1-3H3,(H,24,26)(H,25,27)/b16-13+. The van der Waals surface area contributed by atoms with Crippen molar-refractivity contribution in [2.75, 3.05) is 13.7 Å². The van der Waals surface area contributed by atoms with E-state index in [1.54, 1.807) is 13.2 Å². The topological polar surface area (TPSA) is 71.2 Å². The summed E-state index contributed by atoms with van der Waals surface area (Å²) < 4.78 is 5.14. The molecule has 3 aromatic rings. The highest BCUT2D eigenvalue weighted by atomic mass is 16.5. The van der Waals surface area contributed by atoms with Gasteiger partial charge in [-0.25, -0.2) is 0 Å². The Morgan fingerprint density at radius 2 is 1.89 bits per heavy atom. The molecule has 2 aromatic carbocycles. The van der Waals surface area contributed by atoms with Gasteiger partial charge in [-0.15, -0.1) is 0 Å². The van der Waals surface area contributed by atoms with Crippen molar-refractivity contribution in [3.8, 4) is 5.75 Å². The first-order valence-electron chi connectivity index (χ1n) is 9.19. The largest absolute Gasteiger partial charge is 0.497 e. The normalized spacial score (nSPS) is 11.5. The number of rotatable bonds is 6. The van der Waals surface area contributed by atoms with Gasteiger partial charge in [-0.1, -0.05) is 24.3 Å². The summed E-state index contributed by atoms with van der Waals surface area (Å²) >= 11 is 0. The number of nitrogens with one attached hydrogen (secondary N) is 2. The van der Waals surface area contributed by atoms with Crippen LogP contribution in [0.15, 0.2) is 59.4 Å². The number of amides is 1. The Labute approximate surface area is 164 Å². The van der Waals surface area contributed by atoms with Gasteiger partial charge in [0.2, 0.25) is 5.91 Å². The number of aryl methyl sites for hydroxylation is 1. The van der Waals surface area contributed by atoms with Crippen molar-refractivity contribution < 1.29 is 9.53 Å². The first-order valence-corrected chi connectivity index (χ1v) is 9.19. The lowest BCUT2D eigenvalue weighted by atomic mass is 10.1. The highest BCUT2D eigenvalue weighted by Crippen LogP contribution is 2.18. The molecule has 0 aliphatic rings. The molecule has 144 valence electrons. The lowest BCUT2D eigenvalue weighted by Crippen LogP contribution is -2.26. The lowest BCUT2D eigenvalue weighted by molar-refractivity contribution is -0.116. The van der Waals surface area contributed by atoms with Gasteiger partial charge >= 0.3 is 0 Å². The summed E-state index contributed by atoms with van der Waals surface area (Å²) in [5, 5.41) is 3.83. The smallest absolute Gasteiger partial charge is 0.251 e. The number of ether oxygens (including phenoxy) is 1. The van der Waals surface area contributed by atoms with E-state index in [2.05, 4.69) is 10.3 Å². The van der Waals surface area contributed by atoms with Gasteiger partial charge in [-0.2, -0.15) is 0 Å². The van der Waals surface area contributed by atoms with E-state index in [0.717, 1.165) is 33.4 Å². The van der Waals surface area contributed by atoms with Crippen LogP contribution in [-0.2, 0) is 11.2 Å². The third-order valence-electron chi connectivity index (χ3n) is 4.66. The van der Waals surface area contributed by atoms with Crippen LogP contribution in [0.5, 0.6) is 5.75 Å². The number of carbonyl (C=O) groups excluding carboxylic acids is 1. The molecule has 0 aliphatic carbocycles. The fourth-order valence-corrected chi connectivity index (χ4v) is 3.05. The Kier molecular flexibility index (Phi) is 5.94. The number of allylic oxidation sites excluding steroid dienone is 1. The fraction of sp³-hybridized carbons (Fsp3) is 0.217. The maximum atomic E-state index is 12.2. The molecule has 1 aromatic heterocycles. The molecule has 2 N–H and O–H groups in total. The molecule has 28 heavy (non-hydrogen) atoms. The molecule has 0 aliphatic heterocycles. The number of methoxy groups -OCH3 is 1. The zero-order valence-corrected chi connectivity index (χ0v) is 16.3. The van der Waals surface area contributed by atoms with Crippen LogP contribution in [0.3, 0.4) is 0 Å². The number of hydrogen-bond donors (Lipinski definition) is 2. The first kappa shape index (κ1) is 19.4. The summed E-state index contributed by atoms with van der Waals surface area (Å²) in [7, 11) is 1.62. The third kappa shape index (κ3) is 4.68. The van der Waals surface area contributed by atoms with Crippen molar-refractivity contribution in [3.05, 3.63) is 81.7 Å². The minimum absolute atomic E-state index is 0.114. The van der Waals surface area contributed by atoms with Gasteiger partial charge in [0.1, 0.15) is 5.75 Å². The Bertz CT molecular complexity index is 1080. The van der Waals surface area contributed by atoms with E-state index < -0.39 is 0 Å². The highest BCUT2D eigenvalue weighted by molar-refractivity contribution is 5.94. The molecule has 5 nitrogen and oxygen atoms in total. The quantitative estimate of drug-likeness (QED) is 0.646. The van der Waals surface area contributed by atoms with E-state index in [1.165, 1.54) is 0 Å². The van der Waals surface area contributed by atoms with Crippen LogP contribution in [0.4, 0.5) is 0 Å². The van der Waals surface area contributed by atoms with Crippen molar-refractivity contribution in [2.24, 2.45) is 0 Å². The summed E-state index contributed by atoms with van der Waals surface area (Å²) in [5.41, 5.74) is 4.29. The zero-order chi connectivity index (χ0) is 20.1. The molecule has 0 fully saturated rings. The van der Waals surface area contributed by atoms with Crippen LogP contribution in [-0.4, -0.2) is 24.5 Å². The van der Waals surface area contributed by atoms with Crippen molar-refractivity contribution in [1.82, 2.24) is 10.3 Å². The molecule has 0 spiro atoms. The first-order chi connectivity index (χ1) is 13.5. The molecule has 0 atom stereocenters. The average molecular weight is 376 g/mol. The Balaban J connectivity index is 1.61. The number of pyridine rings is 1. The number of carbonyl (C=O) groups is 1. The minimum atomic E-state index is -0.179. The van der Waals surface area contributed by atoms with Gasteiger partial charge in [-0.05, 0) is 66.6 Å². The third-order valence-corrected chi connectivity index (χ3v) is 4.66. The number of benzene rings is 2. The van der Waals surface area contributed by atoms with E-state index in [0.29, 0.717) is 18.5 Å². The van der Waals surface area contributed by atoms with Crippen molar-refractivity contribution in [2.45, 2.75) is 20.3 Å². The van der Waals surface area contributed by atoms with Crippen LogP contribution in [0.1, 0.15) is 23.6 Å². The van der Waals surface area contributed by atoms with Crippen LogP contribution in [0, 0.1) is 6.92 Å². The molecule has 3 rings (SSSR count). The van der Waals surface area contributed by atoms with E-state index in [4.69, 9.17) is 4.74 Å². The molecule has 5 heteroatoms.